The molecule has 0 radical (unpaired) electrons. The fraction of sp³-hybridized carbons (Fsp3) is 0.417. The van der Waals surface area contributed by atoms with Gasteiger partial charge in [-0.2, -0.15) is 0 Å². The molecule has 0 aromatic heterocycles. The van der Waals surface area contributed by atoms with Crippen LogP contribution in [0.15, 0.2) is 53.5 Å². The van der Waals surface area contributed by atoms with Crippen LogP contribution in [0, 0.1) is 5.92 Å². The second-order valence-corrected chi connectivity index (χ2v) is 7.41. The van der Waals surface area contributed by atoms with Crippen LogP contribution in [0.25, 0.3) is 0 Å². The van der Waals surface area contributed by atoms with Gasteiger partial charge in [-0.05, 0) is 43.2 Å². The molecule has 2 atom stereocenters. The first-order valence-corrected chi connectivity index (χ1v) is 10.6. The molecule has 1 amide bonds. The monoisotopic (exact) mass is 426 g/mol. The Hall–Kier alpha value is -3.22. The second kappa shape index (κ2) is 12.5. The number of aliphatic imine (C=N–C) groups is 1. The van der Waals surface area contributed by atoms with Crippen molar-refractivity contribution in [3.8, 4) is 11.5 Å². The summed E-state index contributed by atoms with van der Waals surface area (Å²) in [7, 11) is 3.36. The molecule has 0 saturated heterocycles. The van der Waals surface area contributed by atoms with Crippen molar-refractivity contribution in [2.24, 2.45) is 10.9 Å². The van der Waals surface area contributed by atoms with Crippen molar-refractivity contribution in [2.45, 2.75) is 39.8 Å². The summed E-state index contributed by atoms with van der Waals surface area (Å²) in [5.74, 6) is 2.22. The lowest BCUT2D eigenvalue weighted by Crippen LogP contribution is -2.41. The smallest absolute Gasteiger partial charge is 0.227 e. The number of nitrogens with zero attached hydrogens (tertiary/aromatic N) is 1. The molecule has 0 aliphatic heterocycles. The molecule has 7 nitrogen and oxygen atoms in total. The van der Waals surface area contributed by atoms with E-state index in [0.717, 1.165) is 29.2 Å². The molecule has 0 spiro atoms. The number of benzene rings is 2. The Morgan fingerprint density at radius 3 is 2.52 bits per heavy atom. The molecular weight excluding hydrogens is 392 g/mol. The van der Waals surface area contributed by atoms with Gasteiger partial charge in [0.25, 0.3) is 0 Å². The maximum atomic E-state index is 12.1. The van der Waals surface area contributed by atoms with Gasteiger partial charge in [0.1, 0.15) is 17.6 Å². The molecule has 2 aromatic rings. The fourth-order valence-corrected chi connectivity index (χ4v) is 2.81. The van der Waals surface area contributed by atoms with Crippen molar-refractivity contribution in [3.63, 3.8) is 0 Å². The first-order valence-electron chi connectivity index (χ1n) is 10.6. The Morgan fingerprint density at radius 1 is 1.06 bits per heavy atom. The molecule has 0 heterocycles. The second-order valence-electron chi connectivity index (χ2n) is 7.41. The molecule has 7 heteroatoms. The molecule has 168 valence electrons. The van der Waals surface area contributed by atoms with E-state index in [0.29, 0.717) is 19.0 Å². The Balaban J connectivity index is 1.82. The van der Waals surface area contributed by atoms with Gasteiger partial charge in [-0.1, -0.05) is 32.0 Å². The van der Waals surface area contributed by atoms with Gasteiger partial charge in [0.2, 0.25) is 5.91 Å². The van der Waals surface area contributed by atoms with Gasteiger partial charge in [0.05, 0.1) is 13.7 Å². The number of carbonyl (C=O) groups is 1. The summed E-state index contributed by atoms with van der Waals surface area (Å²) >= 11 is 0. The molecular formula is C24H34N4O3. The number of hydrogen-bond acceptors (Lipinski definition) is 4. The molecule has 2 rings (SSSR count). The number of methoxy groups -OCH3 is 1. The van der Waals surface area contributed by atoms with E-state index in [1.54, 1.807) is 14.2 Å². The Kier molecular flexibility index (Phi) is 9.68. The van der Waals surface area contributed by atoms with E-state index < -0.39 is 0 Å². The molecule has 0 aliphatic carbocycles. The molecule has 0 bridgehead atoms. The fourth-order valence-electron chi connectivity index (χ4n) is 2.81. The van der Waals surface area contributed by atoms with Gasteiger partial charge in [-0.15, -0.1) is 0 Å². The summed E-state index contributed by atoms with van der Waals surface area (Å²) in [4.78, 5) is 16.4. The van der Waals surface area contributed by atoms with Gasteiger partial charge in [0.15, 0.2) is 5.96 Å². The number of rotatable bonds is 10. The summed E-state index contributed by atoms with van der Waals surface area (Å²) in [5, 5.41) is 9.53. The Labute approximate surface area is 185 Å². The van der Waals surface area contributed by atoms with E-state index in [9.17, 15) is 4.79 Å². The zero-order chi connectivity index (χ0) is 22.6. The van der Waals surface area contributed by atoms with Crippen LogP contribution in [0.2, 0.25) is 0 Å². The molecule has 3 N–H and O–H groups in total. The zero-order valence-electron chi connectivity index (χ0n) is 19.1. The van der Waals surface area contributed by atoms with Gasteiger partial charge >= 0.3 is 0 Å². The van der Waals surface area contributed by atoms with Gasteiger partial charge in [-0.25, -0.2) is 0 Å². The summed E-state index contributed by atoms with van der Waals surface area (Å²) < 4.78 is 11.2. The number of ether oxygens (including phenoxy) is 2. The third kappa shape index (κ3) is 8.20. The van der Waals surface area contributed by atoms with E-state index in [2.05, 4.69) is 20.9 Å². The minimum absolute atomic E-state index is 0.00834. The number of carbonyl (C=O) groups excluding carboxylic acids is 1. The van der Waals surface area contributed by atoms with E-state index in [1.807, 2.05) is 69.3 Å². The standard InChI is InChI=1S/C24H34N4O3/c1-6-17(2)23(29)28-20-10-7-9-19(13-20)16-27-24(25-4)26-15-18(3)31-22-12-8-11-21(14-22)30-5/h7-14,17-18H,6,15-16H2,1-5H3,(H,28,29)(H2,25,26,27). The summed E-state index contributed by atoms with van der Waals surface area (Å²) in [5.41, 5.74) is 1.85. The van der Waals surface area contributed by atoms with E-state index in [1.165, 1.54) is 0 Å². The van der Waals surface area contributed by atoms with E-state index in [4.69, 9.17) is 9.47 Å². The number of guanidine groups is 1. The normalized spacial score (nSPS) is 13.1. The average Bonchev–Trinajstić information content (AvgIpc) is 2.78. The van der Waals surface area contributed by atoms with Crippen LogP contribution in [0.5, 0.6) is 11.5 Å². The molecule has 2 aromatic carbocycles. The SMILES string of the molecule is CCC(C)C(=O)Nc1cccc(CNC(=NC)NCC(C)Oc2cccc(OC)c2)c1. The van der Waals surface area contributed by atoms with Crippen molar-refractivity contribution in [3.05, 3.63) is 54.1 Å². The first-order chi connectivity index (χ1) is 14.9. The van der Waals surface area contributed by atoms with Crippen LogP contribution in [0.1, 0.15) is 32.8 Å². The topological polar surface area (TPSA) is 84.0 Å². The summed E-state index contributed by atoms with van der Waals surface area (Å²) in [6.45, 7) is 7.09. The van der Waals surface area contributed by atoms with Crippen molar-refractivity contribution in [2.75, 3.05) is 26.0 Å². The molecule has 0 aliphatic rings. The number of amides is 1. The van der Waals surface area contributed by atoms with Crippen LogP contribution < -0.4 is 25.4 Å². The minimum atomic E-state index is -0.0650. The Bertz CT molecular complexity index is 869. The predicted molar refractivity (Wildman–Crippen MR) is 126 cm³/mol. The van der Waals surface area contributed by atoms with Crippen molar-refractivity contribution in [1.29, 1.82) is 0 Å². The quantitative estimate of drug-likeness (QED) is 0.397. The summed E-state index contributed by atoms with van der Waals surface area (Å²) in [6, 6.07) is 15.3. The number of nitrogens with one attached hydrogen (secondary N) is 3. The van der Waals surface area contributed by atoms with E-state index in [-0.39, 0.29) is 17.9 Å². The summed E-state index contributed by atoms with van der Waals surface area (Å²) in [6.07, 6.45) is 0.749. The lowest BCUT2D eigenvalue weighted by Gasteiger charge is -2.18. The lowest BCUT2D eigenvalue weighted by molar-refractivity contribution is -0.119. The first kappa shape index (κ1) is 24.1. The lowest BCUT2D eigenvalue weighted by atomic mass is 10.1. The van der Waals surface area contributed by atoms with Crippen LogP contribution in [0.3, 0.4) is 0 Å². The van der Waals surface area contributed by atoms with Crippen molar-refractivity contribution >= 4 is 17.6 Å². The predicted octanol–water partition coefficient (Wildman–Crippen LogP) is 3.81. The maximum Gasteiger partial charge on any atom is 0.227 e. The number of anilines is 1. The highest BCUT2D eigenvalue weighted by molar-refractivity contribution is 5.92. The largest absolute Gasteiger partial charge is 0.497 e. The average molecular weight is 427 g/mol. The van der Waals surface area contributed by atoms with Crippen LogP contribution >= 0.6 is 0 Å². The molecule has 2 unspecified atom stereocenters. The highest BCUT2D eigenvalue weighted by Gasteiger charge is 2.11. The zero-order valence-corrected chi connectivity index (χ0v) is 19.1. The number of hydrogen-bond donors (Lipinski definition) is 3. The molecule has 0 saturated carbocycles. The van der Waals surface area contributed by atoms with Gasteiger partial charge in [0, 0.05) is 31.3 Å². The molecule has 31 heavy (non-hydrogen) atoms. The van der Waals surface area contributed by atoms with Crippen LogP contribution in [0.4, 0.5) is 5.69 Å². The van der Waals surface area contributed by atoms with Gasteiger partial charge in [-0.3, -0.25) is 9.79 Å². The highest BCUT2D eigenvalue weighted by Crippen LogP contribution is 2.19. The molecule has 0 fully saturated rings. The van der Waals surface area contributed by atoms with Crippen molar-refractivity contribution < 1.29 is 14.3 Å². The van der Waals surface area contributed by atoms with E-state index >= 15 is 0 Å². The highest BCUT2D eigenvalue weighted by atomic mass is 16.5. The Morgan fingerprint density at radius 2 is 1.81 bits per heavy atom. The van der Waals surface area contributed by atoms with Gasteiger partial charge < -0.3 is 25.4 Å². The van der Waals surface area contributed by atoms with Crippen LogP contribution in [-0.4, -0.2) is 38.7 Å². The maximum absolute atomic E-state index is 12.1. The van der Waals surface area contributed by atoms with Crippen molar-refractivity contribution in [1.82, 2.24) is 10.6 Å². The third-order valence-corrected chi connectivity index (χ3v) is 4.87. The third-order valence-electron chi connectivity index (χ3n) is 4.87. The minimum Gasteiger partial charge on any atom is -0.497 e. The van der Waals surface area contributed by atoms with Crippen LogP contribution in [-0.2, 0) is 11.3 Å².